The van der Waals surface area contributed by atoms with Crippen molar-refractivity contribution in [3.8, 4) is 0 Å². The Morgan fingerprint density at radius 3 is 2.72 bits per heavy atom. The fourth-order valence-corrected chi connectivity index (χ4v) is 2.90. The van der Waals surface area contributed by atoms with Crippen molar-refractivity contribution in [3.63, 3.8) is 0 Å². The molecule has 1 aliphatic rings. The van der Waals surface area contributed by atoms with Gasteiger partial charge in [-0.1, -0.05) is 0 Å². The predicted molar refractivity (Wildman–Crippen MR) is 96.0 cm³/mol. The minimum atomic E-state index is -4.59. The number of halogens is 3. The van der Waals surface area contributed by atoms with Gasteiger partial charge in [-0.05, 0) is 32.8 Å². The maximum absolute atomic E-state index is 12.8. The second kappa shape index (κ2) is 6.68. The predicted octanol–water partition coefficient (Wildman–Crippen LogP) is 3.23. The standard InChI is InChI=1S/C18H17F3N6O2/c1-9-12(13-14(27-17(2)4-5-17)24-8-25-16(13)29-9)15(28)23-7-11-22-6-3-10(26-11)18(19,20)21/h3,6,8H,4-5,7H2,1-2H3,(H,23,28)(H,24,25,27). The van der Waals surface area contributed by atoms with Crippen molar-refractivity contribution >= 4 is 22.8 Å². The highest BCUT2D eigenvalue weighted by Crippen LogP contribution is 2.40. The number of aromatic nitrogens is 4. The summed E-state index contributed by atoms with van der Waals surface area (Å²) in [6.07, 6.45) is -0.289. The van der Waals surface area contributed by atoms with Gasteiger partial charge < -0.3 is 15.1 Å². The number of carbonyl (C=O) groups excluding carboxylic acids is 1. The quantitative estimate of drug-likeness (QED) is 0.670. The summed E-state index contributed by atoms with van der Waals surface area (Å²) in [5.74, 6) is 0.110. The lowest BCUT2D eigenvalue weighted by molar-refractivity contribution is -0.141. The van der Waals surface area contributed by atoms with Crippen LogP contribution in [0.4, 0.5) is 19.0 Å². The van der Waals surface area contributed by atoms with Crippen LogP contribution in [0.5, 0.6) is 0 Å². The Bertz CT molecular complexity index is 1090. The van der Waals surface area contributed by atoms with E-state index in [2.05, 4.69) is 30.6 Å². The van der Waals surface area contributed by atoms with Gasteiger partial charge in [0.25, 0.3) is 5.91 Å². The molecule has 0 spiro atoms. The van der Waals surface area contributed by atoms with E-state index < -0.39 is 17.8 Å². The van der Waals surface area contributed by atoms with Crippen LogP contribution in [0.2, 0.25) is 0 Å². The summed E-state index contributed by atoms with van der Waals surface area (Å²) in [5, 5.41) is 6.28. The molecule has 0 radical (unpaired) electrons. The van der Waals surface area contributed by atoms with Crippen LogP contribution in [0.3, 0.4) is 0 Å². The summed E-state index contributed by atoms with van der Waals surface area (Å²) < 4.78 is 44.0. The van der Waals surface area contributed by atoms with Crippen molar-refractivity contribution in [2.24, 2.45) is 0 Å². The number of hydrogen-bond donors (Lipinski definition) is 2. The van der Waals surface area contributed by atoms with Crippen LogP contribution in [0.25, 0.3) is 11.1 Å². The Hall–Kier alpha value is -3.24. The third kappa shape index (κ3) is 3.84. The molecule has 152 valence electrons. The number of aryl methyl sites for hydroxylation is 1. The summed E-state index contributed by atoms with van der Waals surface area (Å²) >= 11 is 0. The fourth-order valence-electron chi connectivity index (χ4n) is 2.90. The lowest BCUT2D eigenvalue weighted by Gasteiger charge is -2.13. The van der Waals surface area contributed by atoms with Crippen molar-refractivity contribution in [2.75, 3.05) is 5.32 Å². The summed E-state index contributed by atoms with van der Waals surface area (Å²) in [6.45, 7) is 3.38. The van der Waals surface area contributed by atoms with Crippen LogP contribution >= 0.6 is 0 Å². The molecule has 0 saturated heterocycles. The maximum Gasteiger partial charge on any atom is 0.433 e. The highest BCUT2D eigenvalue weighted by atomic mass is 19.4. The van der Waals surface area contributed by atoms with Gasteiger partial charge in [0.2, 0.25) is 5.71 Å². The van der Waals surface area contributed by atoms with E-state index in [1.807, 2.05) is 6.92 Å². The van der Waals surface area contributed by atoms with Crippen LogP contribution in [0, 0.1) is 6.92 Å². The zero-order chi connectivity index (χ0) is 20.8. The third-order valence-corrected chi connectivity index (χ3v) is 4.71. The second-order valence-electron chi connectivity index (χ2n) is 7.16. The smallest absolute Gasteiger partial charge is 0.433 e. The maximum atomic E-state index is 12.8. The fraction of sp³-hybridized carbons (Fsp3) is 0.389. The molecule has 1 amide bonds. The van der Waals surface area contributed by atoms with Crippen LogP contribution in [0.15, 0.2) is 23.0 Å². The Labute approximate surface area is 163 Å². The first kappa shape index (κ1) is 19.1. The number of amides is 1. The number of nitrogens with zero attached hydrogens (tertiary/aromatic N) is 4. The summed E-state index contributed by atoms with van der Waals surface area (Å²) in [5.41, 5.74) is -0.685. The van der Waals surface area contributed by atoms with E-state index >= 15 is 0 Å². The van der Waals surface area contributed by atoms with Gasteiger partial charge in [0.15, 0.2) is 0 Å². The zero-order valence-electron chi connectivity index (χ0n) is 15.6. The molecular formula is C18H17F3N6O2. The Kier molecular flexibility index (Phi) is 4.39. The van der Waals surface area contributed by atoms with Crippen LogP contribution in [-0.2, 0) is 12.7 Å². The molecule has 0 bridgehead atoms. The van der Waals surface area contributed by atoms with E-state index in [1.165, 1.54) is 6.33 Å². The largest absolute Gasteiger partial charge is 0.442 e. The molecule has 3 aromatic rings. The molecule has 0 unspecified atom stereocenters. The van der Waals surface area contributed by atoms with Crippen LogP contribution in [0.1, 0.15) is 47.4 Å². The first-order chi connectivity index (χ1) is 13.7. The average molecular weight is 406 g/mol. The molecule has 0 aliphatic heterocycles. The number of rotatable bonds is 5. The van der Waals surface area contributed by atoms with Gasteiger partial charge in [-0.2, -0.15) is 13.2 Å². The molecule has 4 rings (SSSR count). The number of fused-ring (bicyclic) bond motifs is 1. The molecule has 3 aromatic heterocycles. The molecule has 1 saturated carbocycles. The van der Waals surface area contributed by atoms with Crippen LogP contribution < -0.4 is 10.6 Å². The minimum Gasteiger partial charge on any atom is -0.442 e. The first-order valence-electron chi connectivity index (χ1n) is 8.86. The number of nitrogens with one attached hydrogen (secondary N) is 2. The van der Waals surface area contributed by atoms with E-state index in [1.54, 1.807) is 6.92 Å². The summed E-state index contributed by atoms with van der Waals surface area (Å²) in [6, 6.07) is 0.771. The second-order valence-corrected chi connectivity index (χ2v) is 7.16. The number of anilines is 1. The highest BCUT2D eigenvalue weighted by molar-refractivity contribution is 6.10. The van der Waals surface area contributed by atoms with Gasteiger partial charge in [0.1, 0.15) is 29.4 Å². The van der Waals surface area contributed by atoms with E-state index in [9.17, 15) is 18.0 Å². The van der Waals surface area contributed by atoms with Gasteiger partial charge in [-0.25, -0.2) is 19.9 Å². The number of hydrogen-bond acceptors (Lipinski definition) is 7. The van der Waals surface area contributed by atoms with Crippen molar-refractivity contribution < 1.29 is 22.4 Å². The molecule has 11 heteroatoms. The molecule has 1 aliphatic carbocycles. The van der Waals surface area contributed by atoms with Crippen molar-refractivity contribution in [2.45, 2.75) is 44.9 Å². The van der Waals surface area contributed by atoms with Gasteiger partial charge in [0.05, 0.1) is 17.5 Å². The molecule has 29 heavy (non-hydrogen) atoms. The topological polar surface area (TPSA) is 106 Å². The third-order valence-electron chi connectivity index (χ3n) is 4.71. The van der Waals surface area contributed by atoms with Gasteiger partial charge in [-0.3, -0.25) is 4.79 Å². The van der Waals surface area contributed by atoms with Crippen molar-refractivity contribution in [3.05, 3.63) is 41.4 Å². The number of carbonyl (C=O) groups is 1. The van der Waals surface area contributed by atoms with E-state index in [0.29, 0.717) is 17.0 Å². The molecular weight excluding hydrogens is 389 g/mol. The van der Waals surface area contributed by atoms with Gasteiger partial charge in [-0.15, -0.1) is 0 Å². The first-order valence-corrected chi connectivity index (χ1v) is 8.86. The zero-order valence-corrected chi connectivity index (χ0v) is 15.6. The summed E-state index contributed by atoms with van der Waals surface area (Å²) in [4.78, 5) is 28.3. The minimum absolute atomic E-state index is 0.0912. The number of furan rings is 1. The van der Waals surface area contributed by atoms with E-state index in [-0.39, 0.29) is 29.2 Å². The SMILES string of the molecule is Cc1oc2ncnc(NC3(C)CC3)c2c1C(=O)NCc1nccc(C(F)(F)F)n1. The molecule has 0 aromatic carbocycles. The number of alkyl halides is 3. The molecule has 2 N–H and O–H groups in total. The normalized spacial score (nSPS) is 15.3. The Balaban J connectivity index is 1.60. The van der Waals surface area contributed by atoms with E-state index in [4.69, 9.17) is 4.42 Å². The van der Waals surface area contributed by atoms with Gasteiger partial charge >= 0.3 is 6.18 Å². The van der Waals surface area contributed by atoms with E-state index in [0.717, 1.165) is 25.1 Å². The molecule has 3 heterocycles. The lowest BCUT2D eigenvalue weighted by Crippen LogP contribution is -2.25. The lowest BCUT2D eigenvalue weighted by atomic mass is 10.1. The summed E-state index contributed by atoms with van der Waals surface area (Å²) in [7, 11) is 0. The Morgan fingerprint density at radius 2 is 2.03 bits per heavy atom. The molecule has 8 nitrogen and oxygen atoms in total. The van der Waals surface area contributed by atoms with Gasteiger partial charge in [0, 0.05) is 11.7 Å². The Morgan fingerprint density at radius 1 is 1.28 bits per heavy atom. The van der Waals surface area contributed by atoms with Crippen molar-refractivity contribution in [1.82, 2.24) is 25.3 Å². The monoisotopic (exact) mass is 406 g/mol. The highest BCUT2D eigenvalue weighted by Gasteiger charge is 2.38. The van der Waals surface area contributed by atoms with Crippen molar-refractivity contribution in [1.29, 1.82) is 0 Å². The average Bonchev–Trinajstić information content (AvgIpc) is 3.27. The van der Waals surface area contributed by atoms with Crippen LogP contribution in [-0.4, -0.2) is 31.4 Å². The molecule has 0 atom stereocenters. The molecule has 1 fully saturated rings.